The molecule has 2 aromatic rings. The van der Waals surface area contributed by atoms with Crippen molar-refractivity contribution in [3.8, 4) is 5.75 Å². The molecule has 94 valence electrons. The standard InChI is InChI=1S/C14H16N2OS/c1-2-15-11-7-14(12-8-18-9-16-12)17-13-6-4-3-5-10(11)13/h3-6,8-9,11,14-15H,2,7H2,1H3. The van der Waals surface area contributed by atoms with Gasteiger partial charge in [0, 0.05) is 23.4 Å². The number of nitrogens with one attached hydrogen (secondary N) is 1. The Kier molecular flexibility index (Phi) is 3.30. The largest absolute Gasteiger partial charge is 0.484 e. The number of rotatable bonds is 3. The summed E-state index contributed by atoms with van der Waals surface area (Å²) in [6, 6.07) is 8.62. The van der Waals surface area contributed by atoms with Gasteiger partial charge in [-0.05, 0) is 12.6 Å². The van der Waals surface area contributed by atoms with Gasteiger partial charge in [-0.3, -0.25) is 0 Å². The van der Waals surface area contributed by atoms with Crippen LogP contribution in [-0.4, -0.2) is 11.5 Å². The normalized spacial score (nSPS) is 22.3. The first-order valence-corrected chi connectivity index (χ1v) is 7.20. The first kappa shape index (κ1) is 11.7. The van der Waals surface area contributed by atoms with Crippen molar-refractivity contribution in [2.24, 2.45) is 0 Å². The Labute approximate surface area is 111 Å². The molecule has 2 heterocycles. The molecule has 2 unspecified atom stereocenters. The van der Waals surface area contributed by atoms with E-state index in [0.717, 1.165) is 24.4 Å². The summed E-state index contributed by atoms with van der Waals surface area (Å²) in [6.07, 6.45) is 1.00. The molecule has 0 radical (unpaired) electrons. The van der Waals surface area contributed by atoms with Crippen LogP contribution in [0.4, 0.5) is 0 Å². The Balaban J connectivity index is 1.92. The molecule has 0 spiro atoms. The van der Waals surface area contributed by atoms with E-state index in [4.69, 9.17) is 4.74 Å². The van der Waals surface area contributed by atoms with Crippen molar-refractivity contribution in [3.63, 3.8) is 0 Å². The van der Waals surface area contributed by atoms with E-state index in [-0.39, 0.29) is 6.10 Å². The number of benzene rings is 1. The summed E-state index contributed by atoms with van der Waals surface area (Å²) in [7, 11) is 0. The van der Waals surface area contributed by atoms with Crippen LogP contribution in [0.2, 0.25) is 0 Å². The molecule has 18 heavy (non-hydrogen) atoms. The third kappa shape index (κ3) is 2.13. The minimum absolute atomic E-state index is 0.0650. The highest BCUT2D eigenvalue weighted by atomic mass is 32.1. The molecular weight excluding hydrogens is 244 g/mol. The molecule has 0 amide bonds. The lowest BCUT2D eigenvalue weighted by Crippen LogP contribution is -2.29. The zero-order valence-electron chi connectivity index (χ0n) is 10.3. The van der Waals surface area contributed by atoms with Gasteiger partial charge < -0.3 is 10.1 Å². The van der Waals surface area contributed by atoms with Gasteiger partial charge in [0.25, 0.3) is 0 Å². The maximum Gasteiger partial charge on any atom is 0.143 e. The van der Waals surface area contributed by atoms with Crippen LogP contribution in [0.15, 0.2) is 35.2 Å². The van der Waals surface area contributed by atoms with Gasteiger partial charge in [0.05, 0.1) is 11.2 Å². The molecule has 1 aromatic heterocycles. The second kappa shape index (κ2) is 5.08. The topological polar surface area (TPSA) is 34.2 Å². The van der Waals surface area contributed by atoms with E-state index >= 15 is 0 Å². The molecule has 0 fully saturated rings. The van der Waals surface area contributed by atoms with Gasteiger partial charge in [0.1, 0.15) is 11.9 Å². The molecule has 0 aliphatic carbocycles. The summed E-state index contributed by atoms with van der Waals surface area (Å²) >= 11 is 1.62. The number of thiazole rings is 1. The quantitative estimate of drug-likeness (QED) is 0.919. The minimum atomic E-state index is 0.0650. The predicted molar refractivity (Wildman–Crippen MR) is 73.0 cm³/mol. The molecule has 1 aliphatic heterocycles. The lowest BCUT2D eigenvalue weighted by molar-refractivity contribution is 0.148. The Morgan fingerprint density at radius 1 is 1.44 bits per heavy atom. The van der Waals surface area contributed by atoms with Gasteiger partial charge in [0.15, 0.2) is 0 Å². The predicted octanol–water partition coefficient (Wildman–Crippen LogP) is 3.32. The van der Waals surface area contributed by atoms with Crippen molar-refractivity contribution in [2.45, 2.75) is 25.5 Å². The van der Waals surface area contributed by atoms with Crippen molar-refractivity contribution in [2.75, 3.05) is 6.54 Å². The Bertz CT molecular complexity index is 512. The van der Waals surface area contributed by atoms with Crippen molar-refractivity contribution >= 4 is 11.3 Å². The fraction of sp³-hybridized carbons (Fsp3) is 0.357. The Morgan fingerprint density at radius 3 is 3.11 bits per heavy atom. The molecule has 0 saturated heterocycles. The zero-order chi connectivity index (χ0) is 12.4. The SMILES string of the molecule is CCNC1CC(c2cscn2)Oc2ccccc21. The molecule has 1 aliphatic rings. The van der Waals surface area contributed by atoms with Gasteiger partial charge in [0.2, 0.25) is 0 Å². The first-order valence-electron chi connectivity index (χ1n) is 6.25. The molecule has 0 bridgehead atoms. The number of fused-ring (bicyclic) bond motifs is 1. The number of hydrogen-bond acceptors (Lipinski definition) is 4. The van der Waals surface area contributed by atoms with Gasteiger partial charge in [-0.1, -0.05) is 25.1 Å². The van der Waals surface area contributed by atoms with E-state index in [1.807, 2.05) is 17.6 Å². The Morgan fingerprint density at radius 2 is 2.33 bits per heavy atom. The summed E-state index contributed by atoms with van der Waals surface area (Å²) in [5, 5.41) is 5.60. The fourth-order valence-corrected chi connectivity index (χ4v) is 3.02. The van der Waals surface area contributed by atoms with E-state index in [1.54, 1.807) is 11.3 Å². The fourth-order valence-electron chi connectivity index (χ4n) is 2.42. The van der Waals surface area contributed by atoms with Crippen molar-refractivity contribution in [1.82, 2.24) is 10.3 Å². The first-order chi connectivity index (χ1) is 8.88. The molecular formula is C14H16N2OS. The molecule has 2 atom stereocenters. The molecule has 3 nitrogen and oxygen atoms in total. The van der Waals surface area contributed by atoms with Crippen LogP contribution >= 0.6 is 11.3 Å². The highest BCUT2D eigenvalue weighted by Gasteiger charge is 2.29. The van der Waals surface area contributed by atoms with Crippen LogP contribution < -0.4 is 10.1 Å². The Hall–Kier alpha value is -1.39. The van der Waals surface area contributed by atoms with Crippen LogP contribution in [0.3, 0.4) is 0 Å². The second-order valence-corrected chi connectivity index (χ2v) is 5.12. The van der Waals surface area contributed by atoms with E-state index < -0.39 is 0 Å². The summed E-state index contributed by atoms with van der Waals surface area (Å²) in [5.41, 5.74) is 4.16. The monoisotopic (exact) mass is 260 g/mol. The molecule has 0 saturated carbocycles. The molecule has 1 N–H and O–H groups in total. The van der Waals surface area contributed by atoms with E-state index in [0.29, 0.717) is 6.04 Å². The third-order valence-electron chi connectivity index (χ3n) is 3.25. The van der Waals surface area contributed by atoms with Crippen molar-refractivity contribution in [3.05, 3.63) is 46.4 Å². The maximum atomic E-state index is 6.06. The summed E-state index contributed by atoms with van der Waals surface area (Å²) in [4.78, 5) is 4.37. The molecule has 3 rings (SSSR count). The molecule has 1 aromatic carbocycles. The number of aromatic nitrogens is 1. The van der Waals surface area contributed by atoms with Gasteiger partial charge in [-0.2, -0.15) is 0 Å². The number of hydrogen-bond donors (Lipinski definition) is 1. The van der Waals surface area contributed by atoms with Crippen molar-refractivity contribution < 1.29 is 4.74 Å². The lowest BCUT2D eigenvalue weighted by atomic mass is 9.95. The average Bonchev–Trinajstić information content (AvgIpc) is 2.93. The zero-order valence-corrected chi connectivity index (χ0v) is 11.1. The summed E-state index contributed by atoms with van der Waals surface area (Å²) in [6.45, 7) is 3.10. The third-order valence-corrected chi connectivity index (χ3v) is 3.85. The van der Waals surface area contributed by atoms with Crippen LogP contribution in [-0.2, 0) is 0 Å². The number of nitrogens with zero attached hydrogens (tertiary/aromatic N) is 1. The lowest BCUT2D eigenvalue weighted by Gasteiger charge is -2.31. The maximum absolute atomic E-state index is 6.06. The highest BCUT2D eigenvalue weighted by molar-refractivity contribution is 7.07. The van der Waals surface area contributed by atoms with E-state index in [2.05, 4.69) is 34.7 Å². The van der Waals surface area contributed by atoms with Gasteiger partial charge in [-0.25, -0.2) is 4.98 Å². The van der Waals surface area contributed by atoms with Crippen LogP contribution in [0, 0.1) is 0 Å². The number of para-hydroxylation sites is 1. The molecule has 4 heteroatoms. The summed E-state index contributed by atoms with van der Waals surface area (Å²) in [5.74, 6) is 0.979. The van der Waals surface area contributed by atoms with Crippen molar-refractivity contribution in [1.29, 1.82) is 0 Å². The van der Waals surface area contributed by atoms with E-state index in [1.165, 1.54) is 5.56 Å². The highest BCUT2D eigenvalue weighted by Crippen LogP contribution is 2.40. The smallest absolute Gasteiger partial charge is 0.143 e. The second-order valence-electron chi connectivity index (χ2n) is 4.40. The van der Waals surface area contributed by atoms with Crippen LogP contribution in [0.25, 0.3) is 0 Å². The van der Waals surface area contributed by atoms with Crippen LogP contribution in [0.1, 0.15) is 36.7 Å². The van der Waals surface area contributed by atoms with Crippen LogP contribution in [0.5, 0.6) is 5.75 Å². The average molecular weight is 260 g/mol. The number of ether oxygens (including phenoxy) is 1. The van der Waals surface area contributed by atoms with Gasteiger partial charge >= 0.3 is 0 Å². The van der Waals surface area contributed by atoms with Gasteiger partial charge in [-0.15, -0.1) is 11.3 Å². The summed E-state index contributed by atoms with van der Waals surface area (Å²) < 4.78 is 6.06. The van der Waals surface area contributed by atoms with E-state index in [9.17, 15) is 0 Å². The minimum Gasteiger partial charge on any atom is -0.484 e.